The third kappa shape index (κ3) is 2.34. The molecule has 2 rings (SSSR count). The van der Waals surface area contributed by atoms with Gasteiger partial charge in [0.2, 0.25) is 0 Å². The highest BCUT2D eigenvalue weighted by molar-refractivity contribution is 7.12. The topological polar surface area (TPSA) is 74.6 Å². The van der Waals surface area contributed by atoms with Gasteiger partial charge >= 0.3 is 5.97 Å². The molecule has 0 fully saturated rings. The summed E-state index contributed by atoms with van der Waals surface area (Å²) in [5.74, 6) is -1.22. The molecule has 0 aliphatic rings. The van der Waals surface area contributed by atoms with Gasteiger partial charge in [-0.2, -0.15) is 0 Å². The second kappa shape index (κ2) is 4.39. The number of carbonyl (C=O) groups is 2. The number of hydrogen-bond donors (Lipinski definition) is 2. The minimum absolute atomic E-state index is 0.0128. The summed E-state index contributed by atoms with van der Waals surface area (Å²) in [5, 5.41) is 20.0. The summed E-state index contributed by atoms with van der Waals surface area (Å²) in [6.07, 6.45) is 0.731. The molecule has 0 amide bonds. The molecule has 2 aromatic rings. The molecular formula is C12H8O4S. The number of aldehydes is 1. The molecule has 1 aromatic heterocycles. The van der Waals surface area contributed by atoms with Gasteiger partial charge in [0.25, 0.3) is 0 Å². The summed E-state index contributed by atoms with van der Waals surface area (Å²) in [6.45, 7) is 0. The standard InChI is InChI=1S/C12H8O4S/c13-5-11-4-9(6-17-11)7-1-8(12(15)16)3-10(14)2-7/h1-6,14H,(H,15,16). The van der Waals surface area contributed by atoms with E-state index in [-0.39, 0.29) is 11.3 Å². The number of rotatable bonds is 3. The highest BCUT2D eigenvalue weighted by Crippen LogP contribution is 2.28. The van der Waals surface area contributed by atoms with Crippen molar-refractivity contribution in [3.63, 3.8) is 0 Å². The molecule has 0 bridgehead atoms. The molecule has 0 aliphatic carbocycles. The Labute approximate surface area is 101 Å². The predicted molar refractivity (Wildman–Crippen MR) is 63.8 cm³/mol. The molecule has 0 saturated heterocycles. The first-order chi connectivity index (χ1) is 8.10. The molecule has 17 heavy (non-hydrogen) atoms. The lowest BCUT2D eigenvalue weighted by atomic mass is 10.0. The van der Waals surface area contributed by atoms with Gasteiger partial charge in [0, 0.05) is 0 Å². The highest BCUT2D eigenvalue weighted by Gasteiger charge is 2.09. The van der Waals surface area contributed by atoms with Gasteiger partial charge in [-0.25, -0.2) is 4.79 Å². The van der Waals surface area contributed by atoms with Gasteiger partial charge in [0.1, 0.15) is 5.75 Å². The van der Waals surface area contributed by atoms with E-state index >= 15 is 0 Å². The van der Waals surface area contributed by atoms with Gasteiger partial charge < -0.3 is 10.2 Å². The second-order valence-electron chi connectivity index (χ2n) is 3.43. The minimum atomic E-state index is -1.10. The molecule has 5 heteroatoms. The monoisotopic (exact) mass is 248 g/mol. The van der Waals surface area contributed by atoms with E-state index in [1.54, 1.807) is 11.4 Å². The van der Waals surface area contributed by atoms with E-state index in [1.807, 2.05) is 0 Å². The summed E-state index contributed by atoms with van der Waals surface area (Å²) in [4.78, 5) is 21.9. The molecule has 0 radical (unpaired) electrons. The Kier molecular flexibility index (Phi) is 2.93. The van der Waals surface area contributed by atoms with Crippen LogP contribution in [-0.4, -0.2) is 22.5 Å². The summed E-state index contributed by atoms with van der Waals surface area (Å²) in [7, 11) is 0. The summed E-state index contributed by atoms with van der Waals surface area (Å²) in [6, 6.07) is 5.75. The molecule has 1 aromatic carbocycles. The van der Waals surface area contributed by atoms with Crippen molar-refractivity contribution in [2.75, 3.05) is 0 Å². The SMILES string of the molecule is O=Cc1cc(-c2cc(O)cc(C(=O)O)c2)cs1. The highest BCUT2D eigenvalue weighted by atomic mass is 32.1. The van der Waals surface area contributed by atoms with E-state index in [0.29, 0.717) is 10.4 Å². The Bertz CT molecular complexity index is 586. The van der Waals surface area contributed by atoms with E-state index in [1.165, 1.54) is 29.5 Å². The minimum Gasteiger partial charge on any atom is -0.508 e. The number of aromatic carboxylic acids is 1. The van der Waals surface area contributed by atoms with Crippen molar-refractivity contribution in [1.82, 2.24) is 0 Å². The van der Waals surface area contributed by atoms with Crippen LogP contribution in [0.1, 0.15) is 20.0 Å². The number of thiophene rings is 1. The van der Waals surface area contributed by atoms with Crippen molar-refractivity contribution >= 4 is 23.6 Å². The average Bonchev–Trinajstić information content (AvgIpc) is 2.76. The van der Waals surface area contributed by atoms with Crippen LogP contribution in [0.3, 0.4) is 0 Å². The Morgan fingerprint density at radius 1 is 1.18 bits per heavy atom. The molecule has 0 saturated carbocycles. The predicted octanol–water partition coefficient (Wildman–Crippen LogP) is 2.63. The van der Waals surface area contributed by atoms with Crippen LogP contribution in [0.4, 0.5) is 0 Å². The van der Waals surface area contributed by atoms with Crippen LogP contribution in [0, 0.1) is 0 Å². The van der Waals surface area contributed by atoms with Crippen LogP contribution in [0.5, 0.6) is 5.75 Å². The van der Waals surface area contributed by atoms with Crippen LogP contribution in [0.2, 0.25) is 0 Å². The van der Waals surface area contributed by atoms with Crippen molar-refractivity contribution in [2.45, 2.75) is 0 Å². The Hall–Kier alpha value is -2.14. The molecule has 2 N–H and O–H groups in total. The molecule has 0 aliphatic heterocycles. The number of carboxylic acids is 1. The van der Waals surface area contributed by atoms with E-state index < -0.39 is 5.97 Å². The normalized spacial score (nSPS) is 10.1. The van der Waals surface area contributed by atoms with E-state index in [0.717, 1.165) is 11.8 Å². The zero-order valence-electron chi connectivity index (χ0n) is 8.58. The third-order valence-electron chi connectivity index (χ3n) is 2.23. The average molecular weight is 248 g/mol. The van der Waals surface area contributed by atoms with Crippen LogP contribution < -0.4 is 0 Å². The number of carboxylic acid groups (broad SMARTS) is 1. The van der Waals surface area contributed by atoms with Gasteiger partial charge in [-0.3, -0.25) is 4.79 Å². The first-order valence-corrected chi connectivity index (χ1v) is 5.59. The van der Waals surface area contributed by atoms with Crippen LogP contribution in [0.15, 0.2) is 29.6 Å². The maximum Gasteiger partial charge on any atom is 0.335 e. The van der Waals surface area contributed by atoms with E-state index in [9.17, 15) is 14.7 Å². The van der Waals surface area contributed by atoms with Crippen molar-refractivity contribution in [2.24, 2.45) is 0 Å². The number of benzene rings is 1. The fourth-order valence-corrected chi connectivity index (χ4v) is 2.19. The maximum absolute atomic E-state index is 10.8. The van der Waals surface area contributed by atoms with Crippen LogP contribution in [-0.2, 0) is 0 Å². The van der Waals surface area contributed by atoms with Crippen molar-refractivity contribution < 1.29 is 19.8 Å². The summed E-state index contributed by atoms with van der Waals surface area (Å²) >= 11 is 1.27. The van der Waals surface area contributed by atoms with Gasteiger partial charge in [-0.15, -0.1) is 11.3 Å². The lowest BCUT2D eigenvalue weighted by Gasteiger charge is -2.02. The van der Waals surface area contributed by atoms with Crippen LogP contribution in [0.25, 0.3) is 11.1 Å². The Morgan fingerprint density at radius 3 is 2.53 bits per heavy atom. The Morgan fingerprint density at radius 2 is 1.94 bits per heavy atom. The Balaban J connectivity index is 2.51. The lowest BCUT2D eigenvalue weighted by molar-refractivity contribution is 0.0696. The fraction of sp³-hybridized carbons (Fsp3) is 0. The smallest absolute Gasteiger partial charge is 0.335 e. The molecule has 0 atom stereocenters. The first-order valence-electron chi connectivity index (χ1n) is 4.71. The zero-order valence-corrected chi connectivity index (χ0v) is 9.40. The van der Waals surface area contributed by atoms with Gasteiger partial charge in [-0.1, -0.05) is 0 Å². The molecule has 86 valence electrons. The lowest BCUT2D eigenvalue weighted by Crippen LogP contribution is -1.95. The summed E-state index contributed by atoms with van der Waals surface area (Å²) < 4.78 is 0. The second-order valence-corrected chi connectivity index (χ2v) is 4.37. The number of aromatic hydroxyl groups is 1. The van der Waals surface area contributed by atoms with Crippen molar-refractivity contribution in [1.29, 1.82) is 0 Å². The molecule has 1 heterocycles. The first kappa shape index (κ1) is 11.3. The molecule has 4 nitrogen and oxygen atoms in total. The number of carbonyl (C=O) groups excluding carboxylic acids is 1. The van der Waals surface area contributed by atoms with Gasteiger partial charge in [0.15, 0.2) is 6.29 Å². The zero-order chi connectivity index (χ0) is 12.4. The van der Waals surface area contributed by atoms with E-state index in [4.69, 9.17) is 5.11 Å². The number of phenolic OH excluding ortho intramolecular Hbond substituents is 1. The molecule has 0 unspecified atom stereocenters. The molecular weight excluding hydrogens is 240 g/mol. The third-order valence-corrected chi connectivity index (χ3v) is 3.09. The number of hydrogen-bond acceptors (Lipinski definition) is 4. The fourth-order valence-electron chi connectivity index (χ4n) is 1.47. The maximum atomic E-state index is 10.8. The number of phenols is 1. The van der Waals surface area contributed by atoms with Crippen molar-refractivity contribution in [3.05, 3.63) is 40.1 Å². The van der Waals surface area contributed by atoms with E-state index in [2.05, 4.69) is 0 Å². The molecule has 0 spiro atoms. The van der Waals surface area contributed by atoms with Gasteiger partial charge in [-0.05, 0) is 40.8 Å². The van der Waals surface area contributed by atoms with Crippen LogP contribution >= 0.6 is 11.3 Å². The largest absolute Gasteiger partial charge is 0.508 e. The van der Waals surface area contributed by atoms with Crippen molar-refractivity contribution in [3.8, 4) is 16.9 Å². The summed E-state index contributed by atoms with van der Waals surface area (Å²) in [5.41, 5.74) is 1.31. The van der Waals surface area contributed by atoms with Gasteiger partial charge in [0.05, 0.1) is 10.4 Å². The quantitative estimate of drug-likeness (QED) is 0.819.